The van der Waals surface area contributed by atoms with Crippen molar-refractivity contribution in [3.63, 3.8) is 0 Å². The van der Waals surface area contributed by atoms with Crippen molar-refractivity contribution in [2.45, 2.75) is 43.8 Å². The average Bonchev–Trinajstić information content (AvgIpc) is 2.03. The zero-order valence-corrected chi connectivity index (χ0v) is 7.97. The summed E-state index contributed by atoms with van der Waals surface area (Å²) >= 11 is 0. The van der Waals surface area contributed by atoms with Crippen LogP contribution < -0.4 is 5.73 Å². The van der Waals surface area contributed by atoms with Gasteiger partial charge in [0, 0.05) is 19.3 Å². The third kappa shape index (κ3) is 2.20. The monoisotopic (exact) mass is 187 g/mol. The lowest BCUT2D eigenvalue weighted by atomic mass is 9.71. The molecule has 3 heteroatoms. The van der Waals surface area contributed by atoms with Crippen LogP contribution in [0.3, 0.4) is 0 Å². The molecule has 2 rings (SSSR count). The first kappa shape index (κ1) is 9.41. The van der Waals surface area contributed by atoms with Crippen LogP contribution in [0.5, 0.6) is 0 Å². The molecule has 1 saturated carbocycles. The maximum absolute atomic E-state index is 13.8. The van der Waals surface area contributed by atoms with Crippen molar-refractivity contribution in [1.29, 1.82) is 0 Å². The molecule has 0 bridgehead atoms. The number of rotatable bonds is 2. The SMILES string of the molecule is NC1CC(F)(CC2CCOCC2)C1. The van der Waals surface area contributed by atoms with Crippen LogP contribution in [0.25, 0.3) is 0 Å². The summed E-state index contributed by atoms with van der Waals surface area (Å²) < 4.78 is 19.1. The molecule has 0 spiro atoms. The highest BCUT2D eigenvalue weighted by Gasteiger charge is 2.44. The van der Waals surface area contributed by atoms with Crippen LogP contribution in [0, 0.1) is 5.92 Å². The van der Waals surface area contributed by atoms with Gasteiger partial charge >= 0.3 is 0 Å². The average molecular weight is 187 g/mol. The molecule has 0 unspecified atom stereocenters. The highest BCUT2D eigenvalue weighted by Crippen LogP contribution is 2.42. The Morgan fingerprint density at radius 1 is 1.31 bits per heavy atom. The fourth-order valence-corrected chi connectivity index (χ4v) is 2.51. The third-order valence-corrected chi connectivity index (χ3v) is 3.25. The molecule has 1 aliphatic heterocycles. The van der Waals surface area contributed by atoms with Gasteiger partial charge < -0.3 is 10.5 Å². The Labute approximate surface area is 78.6 Å². The Kier molecular flexibility index (Phi) is 2.56. The minimum Gasteiger partial charge on any atom is -0.381 e. The van der Waals surface area contributed by atoms with E-state index >= 15 is 0 Å². The summed E-state index contributed by atoms with van der Waals surface area (Å²) in [7, 11) is 0. The molecule has 0 atom stereocenters. The first-order chi connectivity index (χ1) is 6.18. The van der Waals surface area contributed by atoms with Gasteiger partial charge in [-0.15, -0.1) is 0 Å². The van der Waals surface area contributed by atoms with Crippen molar-refractivity contribution in [2.24, 2.45) is 11.7 Å². The summed E-state index contributed by atoms with van der Waals surface area (Å²) in [6, 6.07) is 0.116. The first-order valence-corrected chi connectivity index (χ1v) is 5.20. The van der Waals surface area contributed by atoms with Gasteiger partial charge in [0.2, 0.25) is 0 Å². The van der Waals surface area contributed by atoms with E-state index in [4.69, 9.17) is 10.5 Å². The Morgan fingerprint density at radius 2 is 1.92 bits per heavy atom. The van der Waals surface area contributed by atoms with E-state index in [1.807, 2.05) is 0 Å². The lowest BCUT2D eigenvalue weighted by Crippen LogP contribution is -2.49. The largest absolute Gasteiger partial charge is 0.381 e. The van der Waals surface area contributed by atoms with E-state index < -0.39 is 5.67 Å². The molecule has 1 heterocycles. The predicted molar refractivity (Wildman–Crippen MR) is 49.2 cm³/mol. The molecule has 1 saturated heterocycles. The number of hydrogen-bond donors (Lipinski definition) is 1. The minimum atomic E-state index is -0.929. The normalized spacial score (nSPS) is 41.5. The number of hydrogen-bond acceptors (Lipinski definition) is 2. The molecule has 2 aliphatic rings. The molecule has 1 aliphatic carbocycles. The van der Waals surface area contributed by atoms with E-state index in [1.165, 1.54) is 0 Å². The first-order valence-electron chi connectivity index (χ1n) is 5.20. The van der Waals surface area contributed by atoms with Gasteiger partial charge in [-0.3, -0.25) is 0 Å². The van der Waals surface area contributed by atoms with Crippen molar-refractivity contribution < 1.29 is 9.13 Å². The fraction of sp³-hybridized carbons (Fsp3) is 1.00. The van der Waals surface area contributed by atoms with E-state index in [9.17, 15) is 4.39 Å². The lowest BCUT2D eigenvalue weighted by molar-refractivity contribution is -0.00983. The van der Waals surface area contributed by atoms with E-state index in [-0.39, 0.29) is 6.04 Å². The molecule has 0 radical (unpaired) electrons. The van der Waals surface area contributed by atoms with Gasteiger partial charge in [0.05, 0.1) is 0 Å². The van der Waals surface area contributed by atoms with E-state index in [0.29, 0.717) is 25.2 Å². The van der Waals surface area contributed by atoms with Crippen LogP contribution in [0.1, 0.15) is 32.1 Å². The predicted octanol–water partition coefficient (Wildman–Crippen LogP) is 1.63. The molecule has 2 N–H and O–H groups in total. The van der Waals surface area contributed by atoms with Crippen LogP contribution in [0.4, 0.5) is 4.39 Å². The highest BCUT2D eigenvalue weighted by molar-refractivity contribution is 4.98. The van der Waals surface area contributed by atoms with Gasteiger partial charge in [-0.2, -0.15) is 0 Å². The zero-order chi connectivity index (χ0) is 9.31. The topological polar surface area (TPSA) is 35.2 Å². The molecule has 13 heavy (non-hydrogen) atoms. The molecule has 0 aromatic heterocycles. The standard InChI is InChI=1S/C10H18FNO/c11-10(6-9(12)7-10)5-8-1-3-13-4-2-8/h8-9H,1-7,12H2. The van der Waals surface area contributed by atoms with Crippen molar-refractivity contribution in [1.82, 2.24) is 0 Å². The number of ether oxygens (including phenoxy) is 1. The van der Waals surface area contributed by atoms with Crippen LogP contribution in [-0.2, 0) is 4.74 Å². The molecule has 0 aromatic rings. The van der Waals surface area contributed by atoms with Crippen LogP contribution >= 0.6 is 0 Å². The molecule has 2 fully saturated rings. The molecular formula is C10H18FNO. The van der Waals surface area contributed by atoms with Crippen molar-refractivity contribution in [2.75, 3.05) is 13.2 Å². The quantitative estimate of drug-likeness (QED) is 0.713. The van der Waals surface area contributed by atoms with E-state index in [0.717, 1.165) is 26.1 Å². The smallest absolute Gasteiger partial charge is 0.114 e. The Hall–Kier alpha value is -0.150. The minimum absolute atomic E-state index is 0.116. The van der Waals surface area contributed by atoms with Gasteiger partial charge in [-0.1, -0.05) is 0 Å². The second-order valence-corrected chi connectivity index (χ2v) is 4.58. The second kappa shape index (κ2) is 3.54. The summed E-state index contributed by atoms with van der Waals surface area (Å²) in [5.41, 5.74) is 4.67. The molecular weight excluding hydrogens is 169 g/mol. The van der Waals surface area contributed by atoms with Crippen molar-refractivity contribution in [3.05, 3.63) is 0 Å². The van der Waals surface area contributed by atoms with Gasteiger partial charge in [-0.05, 0) is 38.0 Å². The van der Waals surface area contributed by atoms with Gasteiger partial charge in [0.1, 0.15) is 5.67 Å². The molecule has 76 valence electrons. The summed E-state index contributed by atoms with van der Waals surface area (Å²) in [5, 5.41) is 0. The Morgan fingerprint density at radius 3 is 2.46 bits per heavy atom. The van der Waals surface area contributed by atoms with Crippen LogP contribution in [0.2, 0.25) is 0 Å². The highest BCUT2D eigenvalue weighted by atomic mass is 19.1. The van der Waals surface area contributed by atoms with E-state index in [2.05, 4.69) is 0 Å². The molecule has 0 aromatic carbocycles. The fourth-order valence-electron chi connectivity index (χ4n) is 2.51. The maximum Gasteiger partial charge on any atom is 0.114 e. The number of alkyl halides is 1. The summed E-state index contributed by atoms with van der Waals surface area (Å²) in [4.78, 5) is 0. The zero-order valence-electron chi connectivity index (χ0n) is 7.97. The third-order valence-electron chi connectivity index (χ3n) is 3.25. The maximum atomic E-state index is 13.8. The summed E-state index contributed by atoms with van der Waals surface area (Å²) in [5.74, 6) is 0.534. The number of nitrogens with two attached hydrogens (primary N) is 1. The lowest BCUT2D eigenvalue weighted by Gasteiger charge is -2.42. The Balaban J connectivity index is 1.76. The molecule has 0 amide bonds. The van der Waals surface area contributed by atoms with Crippen LogP contribution in [0.15, 0.2) is 0 Å². The number of halogens is 1. The Bertz CT molecular complexity index is 174. The van der Waals surface area contributed by atoms with Gasteiger partial charge in [0.25, 0.3) is 0 Å². The van der Waals surface area contributed by atoms with Gasteiger partial charge in [-0.25, -0.2) is 4.39 Å². The molecule has 2 nitrogen and oxygen atoms in total. The summed E-state index contributed by atoms with van der Waals surface area (Å²) in [6.07, 6.45) is 3.92. The second-order valence-electron chi connectivity index (χ2n) is 4.58. The van der Waals surface area contributed by atoms with Crippen molar-refractivity contribution in [3.8, 4) is 0 Å². The summed E-state index contributed by atoms with van der Waals surface area (Å²) in [6.45, 7) is 1.62. The van der Waals surface area contributed by atoms with Crippen molar-refractivity contribution >= 4 is 0 Å². The van der Waals surface area contributed by atoms with E-state index in [1.54, 1.807) is 0 Å². The van der Waals surface area contributed by atoms with Gasteiger partial charge in [0.15, 0.2) is 0 Å². The van der Waals surface area contributed by atoms with Crippen LogP contribution in [-0.4, -0.2) is 24.9 Å².